The molecule has 1 aliphatic carbocycles. The SMILES string of the molecule is CC1CC(c2ccc(-n3c4ccccc4c4ccccc43)cc2)=Cc2c1n(-c1cccc(-c3ccccc3)c1)c1ccccc21. The van der Waals surface area contributed by atoms with Crippen LogP contribution in [0.2, 0.25) is 0 Å². The Labute approximate surface area is 263 Å². The minimum atomic E-state index is 0.366. The highest BCUT2D eigenvalue weighted by molar-refractivity contribution is 6.09. The Morgan fingerprint density at radius 1 is 0.467 bits per heavy atom. The van der Waals surface area contributed by atoms with Crippen LogP contribution in [0.3, 0.4) is 0 Å². The molecule has 0 aliphatic heterocycles. The van der Waals surface area contributed by atoms with Crippen LogP contribution in [0.1, 0.15) is 36.1 Å². The van der Waals surface area contributed by atoms with Crippen molar-refractivity contribution in [2.45, 2.75) is 19.3 Å². The summed E-state index contributed by atoms with van der Waals surface area (Å²) in [4.78, 5) is 0. The zero-order chi connectivity index (χ0) is 29.9. The van der Waals surface area contributed by atoms with Crippen LogP contribution in [0.15, 0.2) is 152 Å². The molecular weight excluding hydrogens is 544 g/mol. The second-order valence-electron chi connectivity index (χ2n) is 12.3. The molecule has 2 heterocycles. The molecular formula is C43H32N2. The van der Waals surface area contributed by atoms with Gasteiger partial charge >= 0.3 is 0 Å². The molecule has 1 atom stereocenters. The Morgan fingerprint density at radius 3 is 1.73 bits per heavy atom. The average molecular weight is 577 g/mol. The standard InChI is InChI=1S/C43H32N2/c1-29-26-33(31-22-24-34(25-23-31)44-40-19-8-5-16-36(40)37-17-6-9-20-41(37)44)28-39-38-18-7-10-21-42(38)45(43(29)39)35-15-11-14-32(27-35)30-12-3-2-4-13-30/h2-25,27-29H,26H2,1H3. The quantitative estimate of drug-likeness (QED) is 0.197. The fourth-order valence-electron chi connectivity index (χ4n) is 7.54. The van der Waals surface area contributed by atoms with E-state index in [4.69, 9.17) is 0 Å². The van der Waals surface area contributed by atoms with Gasteiger partial charge < -0.3 is 9.13 Å². The molecule has 0 saturated carbocycles. The smallest absolute Gasteiger partial charge is 0.0541 e. The van der Waals surface area contributed by atoms with Crippen molar-refractivity contribution < 1.29 is 0 Å². The summed E-state index contributed by atoms with van der Waals surface area (Å²) in [5, 5.41) is 3.89. The molecule has 9 rings (SSSR count). The van der Waals surface area contributed by atoms with E-state index < -0.39 is 0 Å². The number of rotatable bonds is 4. The number of nitrogens with zero attached hydrogens (tertiary/aromatic N) is 2. The van der Waals surface area contributed by atoms with Gasteiger partial charge in [-0.05, 0) is 77.2 Å². The first-order valence-electron chi connectivity index (χ1n) is 15.8. The van der Waals surface area contributed by atoms with Crippen LogP contribution in [0.5, 0.6) is 0 Å². The summed E-state index contributed by atoms with van der Waals surface area (Å²) in [6, 6.07) is 55.1. The molecule has 0 bridgehead atoms. The van der Waals surface area contributed by atoms with Gasteiger partial charge in [0.15, 0.2) is 0 Å². The molecule has 0 saturated heterocycles. The molecule has 2 nitrogen and oxygen atoms in total. The highest BCUT2D eigenvalue weighted by atomic mass is 15.0. The van der Waals surface area contributed by atoms with Crippen LogP contribution in [0.4, 0.5) is 0 Å². The van der Waals surface area contributed by atoms with Crippen LogP contribution in [0, 0.1) is 0 Å². The van der Waals surface area contributed by atoms with Crippen LogP contribution >= 0.6 is 0 Å². The molecule has 45 heavy (non-hydrogen) atoms. The normalized spacial score (nSPS) is 14.6. The summed E-state index contributed by atoms with van der Waals surface area (Å²) in [7, 11) is 0. The van der Waals surface area contributed by atoms with Crippen molar-refractivity contribution in [1.29, 1.82) is 0 Å². The molecule has 2 aromatic heterocycles. The molecule has 2 heteroatoms. The zero-order valence-corrected chi connectivity index (χ0v) is 25.2. The zero-order valence-electron chi connectivity index (χ0n) is 25.2. The lowest BCUT2D eigenvalue weighted by Gasteiger charge is -2.24. The summed E-state index contributed by atoms with van der Waals surface area (Å²) in [6.45, 7) is 2.38. The van der Waals surface area contributed by atoms with E-state index in [1.54, 1.807) is 0 Å². The van der Waals surface area contributed by atoms with E-state index in [1.807, 2.05) is 0 Å². The fraction of sp³-hybridized carbons (Fsp3) is 0.0698. The van der Waals surface area contributed by atoms with Gasteiger partial charge in [0.25, 0.3) is 0 Å². The minimum Gasteiger partial charge on any atom is -0.313 e. The molecule has 8 aromatic rings. The van der Waals surface area contributed by atoms with Gasteiger partial charge in [0.2, 0.25) is 0 Å². The third kappa shape index (κ3) is 4.10. The van der Waals surface area contributed by atoms with Crippen molar-refractivity contribution in [2.75, 3.05) is 0 Å². The first-order valence-corrected chi connectivity index (χ1v) is 15.8. The van der Waals surface area contributed by atoms with E-state index in [0.29, 0.717) is 5.92 Å². The van der Waals surface area contributed by atoms with E-state index in [0.717, 1.165) is 6.42 Å². The van der Waals surface area contributed by atoms with E-state index in [9.17, 15) is 0 Å². The third-order valence-electron chi connectivity index (χ3n) is 9.55. The highest BCUT2D eigenvalue weighted by Crippen LogP contribution is 2.44. The highest BCUT2D eigenvalue weighted by Gasteiger charge is 2.27. The lowest BCUT2D eigenvalue weighted by atomic mass is 9.85. The van der Waals surface area contributed by atoms with Crippen molar-refractivity contribution in [1.82, 2.24) is 9.13 Å². The van der Waals surface area contributed by atoms with E-state index in [1.165, 1.54) is 77.6 Å². The molecule has 0 fully saturated rings. The van der Waals surface area contributed by atoms with E-state index in [2.05, 4.69) is 174 Å². The first kappa shape index (κ1) is 25.9. The van der Waals surface area contributed by atoms with Gasteiger partial charge in [-0.2, -0.15) is 0 Å². The maximum Gasteiger partial charge on any atom is 0.0541 e. The molecule has 1 aliphatic rings. The van der Waals surface area contributed by atoms with E-state index >= 15 is 0 Å². The maximum atomic E-state index is 2.50. The third-order valence-corrected chi connectivity index (χ3v) is 9.55. The summed E-state index contributed by atoms with van der Waals surface area (Å²) in [5.74, 6) is 0.366. The van der Waals surface area contributed by atoms with Crippen molar-refractivity contribution in [3.05, 3.63) is 168 Å². The van der Waals surface area contributed by atoms with Gasteiger partial charge in [-0.25, -0.2) is 0 Å². The number of fused-ring (bicyclic) bond motifs is 6. The number of benzene rings is 6. The van der Waals surface area contributed by atoms with Crippen molar-refractivity contribution >= 4 is 44.4 Å². The minimum absolute atomic E-state index is 0.366. The molecule has 0 amide bonds. The van der Waals surface area contributed by atoms with Gasteiger partial charge in [0, 0.05) is 44.7 Å². The summed E-state index contributed by atoms with van der Waals surface area (Å²) >= 11 is 0. The number of allylic oxidation sites excluding steroid dienone is 1. The van der Waals surface area contributed by atoms with Crippen LogP contribution < -0.4 is 0 Å². The predicted molar refractivity (Wildman–Crippen MR) is 190 cm³/mol. The summed E-state index contributed by atoms with van der Waals surface area (Å²) < 4.78 is 4.89. The van der Waals surface area contributed by atoms with Gasteiger partial charge in [-0.1, -0.05) is 116 Å². The summed E-state index contributed by atoms with van der Waals surface area (Å²) in [6.07, 6.45) is 3.45. The Morgan fingerprint density at radius 2 is 1.04 bits per heavy atom. The Hall–Kier alpha value is -5.60. The second kappa shape index (κ2) is 10.2. The van der Waals surface area contributed by atoms with Crippen LogP contribution in [-0.2, 0) is 0 Å². The lowest BCUT2D eigenvalue weighted by Crippen LogP contribution is -2.09. The molecule has 0 spiro atoms. The van der Waals surface area contributed by atoms with E-state index in [-0.39, 0.29) is 0 Å². The van der Waals surface area contributed by atoms with Crippen molar-refractivity contribution in [3.8, 4) is 22.5 Å². The predicted octanol–water partition coefficient (Wildman–Crippen LogP) is 11.4. The largest absolute Gasteiger partial charge is 0.313 e. The molecule has 6 aromatic carbocycles. The fourth-order valence-corrected chi connectivity index (χ4v) is 7.54. The van der Waals surface area contributed by atoms with Crippen LogP contribution in [0.25, 0.3) is 66.9 Å². The molecule has 214 valence electrons. The maximum absolute atomic E-state index is 2.50. The number of aromatic nitrogens is 2. The Balaban J connectivity index is 1.15. The topological polar surface area (TPSA) is 9.86 Å². The molecule has 1 unspecified atom stereocenters. The van der Waals surface area contributed by atoms with Crippen LogP contribution in [-0.4, -0.2) is 9.13 Å². The van der Waals surface area contributed by atoms with Gasteiger partial charge in [-0.15, -0.1) is 0 Å². The van der Waals surface area contributed by atoms with Gasteiger partial charge in [0.1, 0.15) is 0 Å². The van der Waals surface area contributed by atoms with Crippen molar-refractivity contribution in [3.63, 3.8) is 0 Å². The Bertz CT molecular complexity index is 2350. The number of para-hydroxylation sites is 3. The monoisotopic (exact) mass is 576 g/mol. The second-order valence-corrected chi connectivity index (χ2v) is 12.3. The first-order chi connectivity index (χ1) is 22.2. The number of hydrogen-bond acceptors (Lipinski definition) is 0. The summed E-state index contributed by atoms with van der Waals surface area (Å²) in [5.41, 5.74) is 14.1. The average Bonchev–Trinajstić information content (AvgIpc) is 3.62. The van der Waals surface area contributed by atoms with Crippen molar-refractivity contribution in [2.24, 2.45) is 0 Å². The van der Waals surface area contributed by atoms with Gasteiger partial charge in [0.05, 0.1) is 16.6 Å². The molecule has 0 radical (unpaired) electrons. The lowest BCUT2D eigenvalue weighted by molar-refractivity contribution is 0.733. The Kier molecular flexibility index (Phi) is 5.89. The number of hydrogen-bond donors (Lipinski definition) is 0. The van der Waals surface area contributed by atoms with Gasteiger partial charge in [-0.3, -0.25) is 0 Å². The molecule has 0 N–H and O–H groups in total.